The Labute approximate surface area is 129 Å². The number of hydrogen-bond donors (Lipinski definition) is 1. The molecule has 0 spiro atoms. The Balaban J connectivity index is 2.09. The van der Waals surface area contributed by atoms with E-state index >= 15 is 0 Å². The molecule has 0 radical (unpaired) electrons. The van der Waals surface area contributed by atoms with E-state index in [2.05, 4.69) is 4.98 Å². The number of fused-ring (bicyclic) bond motifs is 1. The van der Waals surface area contributed by atoms with E-state index in [1.165, 1.54) is 17.4 Å². The number of nitrogens with two attached hydrogens (primary N) is 1. The summed E-state index contributed by atoms with van der Waals surface area (Å²) in [6, 6.07) is 12.4. The number of thiazole rings is 1. The Morgan fingerprint density at radius 3 is 2.73 bits per heavy atom. The van der Waals surface area contributed by atoms with Crippen LogP contribution >= 0.6 is 11.3 Å². The fraction of sp³-hybridized carbons (Fsp3) is 0.0667. The van der Waals surface area contributed by atoms with E-state index in [0.29, 0.717) is 16.1 Å². The van der Waals surface area contributed by atoms with Crippen LogP contribution in [0.15, 0.2) is 42.5 Å². The van der Waals surface area contributed by atoms with Gasteiger partial charge in [-0.3, -0.25) is 14.9 Å². The zero-order valence-electron chi connectivity index (χ0n) is 11.4. The monoisotopic (exact) mass is 313 g/mol. The number of para-hydroxylation sites is 1. The molecule has 1 amide bonds. The number of hydrogen-bond acceptors (Lipinski definition) is 5. The molecule has 0 aliphatic heterocycles. The maximum Gasteiger partial charge on any atom is 0.273 e. The van der Waals surface area contributed by atoms with E-state index < -0.39 is 10.8 Å². The molecule has 3 rings (SSSR count). The maximum atomic E-state index is 11.2. The standard InChI is InChI=1S/C15H11N3O3S/c16-14(19)8-9-5-6-10(7-12(9)18(20)21)15-17-11-3-1-2-4-13(11)22-15/h1-7H,8H2,(H2,16,19). The van der Waals surface area contributed by atoms with E-state index in [-0.39, 0.29) is 12.1 Å². The van der Waals surface area contributed by atoms with Crippen molar-refractivity contribution in [1.29, 1.82) is 0 Å². The van der Waals surface area contributed by atoms with Gasteiger partial charge in [0.05, 0.1) is 21.6 Å². The number of nitro benzene ring substituents is 1. The molecule has 6 nitrogen and oxygen atoms in total. The topological polar surface area (TPSA) is 99.1 Å². The first-order valence-electron chi connectivity index (χ1n) is 6.46. The van der Waals surface area contributed by atoms with Gasteiger partial charge in [-0.05, 0) is 12.1 Å². The molecule has 1 heterocycles. The molecule has 0 saturated carbocycles. The molecule has 1 aromatic heterocycles. The van der Waals surface area contributed by atoms with Gasteiger partial charge in [-0.2, -0.15) is 0 Å². The third-order valence-electron chi connectivity index (χ3n) is 3.19. The predicted molar refractivity (Wildman–Crippen MR) is 84.6 cm³/mol. The van der Waals surface area contributed by atoms with Gasteiger partial charge in [-0.15, -0.1) is 11.3 Å². The highest BCUT2D eigenvalue weighted by Crippen LogP contribution is 2.33. The molecule has 2 N–H and O–H groups in total. The number of amides is 1. The lowest BCUT2D eigenvalue weighted by molar-refractivity contribution is -0.385. The van der Waals surface area contributed by atoms with Gasteiger partial charge in [0.25, 0.3) is 5.69 Å². The van der Waals surface area contributed by atoms with Crippen molar-refractivity contribution in [2.24, 2.45) is 5.73 Å². The van der Waals surface area contributed by atoms with E-state index in [9.17, 15) is 14.9 Å². The van der Waals surface area contributed by atoms with Crippen molar-refractivity contribution >= 4 is 33.1 Å². The van der Waals surface area contributed by atoms with Crippen molar-refractivity contribution in [3.8, 4) is 10.6 Å². The summed E-state index contributed by atoms with van der Waals surface area (Å²) >= 11 is 1.47. The highest BCUT2D eigenvalue weighted by Gasteiger charge is 2.18. The minimum Gasteiger partial charge on any atom is -0.369 e. The zero-order chi connectivity index (χ0) is 15.7. The normalized spacial score (nSPS) is 10.7. The van der Waals surface area contributed by atoms with Gasteiger partial charge in [0.1, 0.15) is 5.01 Å². The van der Waals surface area contributed by atoms with Gasteiger partial charge >= 0.3 is 0 Å². The average molecular weight is 313 g/mol. The molecular weight excluding hydrogens is 302 g/mol. The molecule has 0 aliphatic rings. The van der Waals surface area contributed by atoms with Crippen LogP contribution in [0.5, 0.6) is 0 Å². The second kappa shape index (κ2) is 5.53. The smallest absolute Gasteiger partial charge is 0.273 e. The van der Waals surface area contributed by atoms with Crippen LogP contribution < -0.4 is 5.73 Å². The van der Waals surface area contributed by atoms with Crippen molar-refractivity contribution in [2.75, 3.05) is 0 Å². The Bertz CT molecular complexity index is 856. The Morgan fingerprint density at radius 2 is 2.05 bits per heavy atom. The van der Waals surface area contributed by atoms with Crippen LogP contribution in [0.3, 0.4) is 0 Å². The molecule has 3 aromatic rings. The van der Waals surface area contributed by atoms with Crippen LogP contribution in [0.25, 0.3) is 20.8 Å². The number of primary amides is 1. The first-order chi connectivity index (χ1) is 10.5. The summed E-state index contributed by atoms with van der Waals surface area (Å²) in [7, 11) is 0. The molecule has 2 aromatic carbocycles. The number of nitro groups is 1. The number of benzene rings is 2. The van der Waals surface area contributed by atoms with Crippen LogP contribution in [0.2, 0.25) is 0 Å². The predicted octanol–water partition coefficient (Wildman–Crippen LogP) is 2.90. The van der Waals surface area contributed by atoms with Gasteiger partial charge in [-0.25, -0.2) is 4.98 Å². The van der Waals surface area contributed by atoms with E-state index in [0.717, 1.165) is 10.2 Å². The van der Waals surface area contributed by atoms with Gasteiger partial charge < -0.3 is 5.73 Å². The third-order valence-corrected chi connectivity index (χ3v) is 4.27. The molecule has 0 unspecified atom stereocenters. The molecule has 110 valence electrons. The lowest BCUT2D eigenvalue weighted by Gasteiger charge is -2.02. The minimum atomic E-state index is -0.601. The van der Waals surface area contributed by atoms with Crippen LogP contribution in [0.4, 0.5) is 5.69 Å². The molecule has 0 saturated heterocycles. The molecule has 7 heteroatoms. The fourth-order valence-corrected chi connectivity index (χ4v) is 3.16. The summed E-state index contributed by atoms with van der Waals surface area (Å²) in [4.78, 5) is 26.2. The van der Waals surface area contributed by atoms with Crippen molar-refractivity contribution < 1.29 is 9.72 Å². The van der Waals surface area contributed by atoms with Gasteiger partial charge in [0.2, 0.25) is 5.91 Å². The van der Waals surface area contributed by atoms with Crippen molar-refractivity contribution in [3.63, 3.8) is 0 Å². The van der Waals surface area contributed by atoms with E-state index in [4.69, 9.17) is 5.73 Å². The quantitative estimate of drug-likeness (QED) is 0.591. The second-order valence-corrected chi connectivity index (χ2v) is 5.76. The molecule has 0 atom stereocenters. The first-order valence-corrected chi connectivity index (χ1v) is 7.28. The largest absolute Gasteiger partial charge is 0.369 e. The number of carbonyl (C=O) groups excluding carboxylic acids is 1. The average Bonchev–Trinajstić information content (AvgIpc) is 2.90. The molecule has 0 aliphatic carbocycles. The molecular formula is C15H11N3O3S. The fourth-order valence-electron chi connectivity index (χ4n) is 2.20. The van der Waals surface area contributed by atoms with Gasteiger partial charge in [-0.1, -0.05) is 24.3 Å². The Hall–Kier alpha value is -2.80. The third kappa shape index (κ3) is 2.66. The van der Waals surface area contributed by atoms with Crippen LogP contribution in [-0.2, 0) is 11.2 Å². The number of rotatable bonds is 4. The summed E-state index contributed by atoms with van der Waals surface area (Å²) in [5.74, 6) is -0.601. The Morgan fingerprint density at radius 1 is 1.27 bits per heavy atom. The lowest BCUT2D eigenvalue weighted by Crippen LogP contribution is -2.14. The lowest BCUT2D eigenvalue weighted by atomic mass is 10.1. The SMILES string of the molecule is NC(=O)Cc1ccc(-c2nc3ccccc3s2)cc1[N+](=O)[O-]. The van der Waals surface area contributed by atoms with Crippen molar-refractivity contribution in [3.05, 3.63) is 58.1 Å². The van der Waals surface area contributed by atoms with E-state index in [1.807, 2.05) is 24.3 Å². The highest BCUT2D eigenvalue weighted by atomic mass is 32.1. The first kappa shape index (κ1) is 14.2. The maximum absolute atomic E-state index is 11.2. The number of carbonyl (C=O) groups is 1. The second-order valence-electron chi connectivity index (χ2n) is 4.73. The zero-order valence-corrected chi connectivity index (χ0v) is 12.2. The summed E-state index contributed by atoms with van der Waals surface area (Å²) in [5, 5.41) is 11.9. The number of nitrogens with zero attached hydrogens (tertiary/aromatic N) is 2. The van der Waals surface area contributed by atoms with Crippen molar-refractivity contribution in [2.45, 2.75) is 6.42 Å². The summed E-state index contributed by atoms with van der Waals surface area (Å²) < 4.78 is 1.02. The summed E-state index contributed by atoms with van der Waals surface area (Å²) in [5.41, 5.74) is 6.82. The minimum absolute atomic E-state index is 0.115. The number of aromatic nitrogens is 1. The summed E-state index contributed by atoms with van der Waals surface area (Å²) in [6.07, 6.45) is -0.156. The molecule has 0 fully saturated rings. The van der Waals surface area contributed by atoms with Crippen LogP contribution in [-0.4, -0.2) is 15.8 Å². The highest BCUT2D eigenvalue weighted by molar-refractivity contribution is 7.21. The van der Waals surface area contributed by atoms with Gasteiger partial charge in [0.15, 0.2) is 0 Å². The molecule has 22 heavy (non-hydrogen) atoms. The van der Waals surface area contributed by atoms with Crippen LogP contribution in [0, 0.1) is 10.1 Å². The van der Waals surface area contributed by atoms with E-state index in [1.54, 1.807) is 12.1 Å². The van der Waals surface area contributed by atoms with Crippen LogP contribution in [0.1, 0.15) is 5.56 Å². The molecule has 0 bridgehead atoms. The Kier molecular flexibility index (Phi) is 3.56. The van der Waals surface area contributed by atoms with Gasteiger partial charge in [0, 0.05) is 17.2 Å². The summed E-state index contributed by atoms with van der Waals surface area (Å²) in [6.45, 7) is 0. The van der Waals surface area contributed by atoms with Crippen molar-refractivity contribution in [1.82, 2.24) is 4.98 Å².